The molecule has 27 heavy (non-hydrogen) atoms. The fourth-order valence-corrected chi connectivity index (χ4v) is 3.33. The Balaban J connectivity index is 1.56. The van der Waals surface area contributed by atoms with Crippen LogP contribution < -0.4 is 5.43 Å². The Labute approximate surface area is 168 Å². The molecule has 0 spiro atoms. The van der Waals surface area contributed by atoms with Crippen LogP contribution in [0.15, 0.2) is 63.3 Å². The molecule has 0 aliphatic carbocycles. The van der Waals surface area contributed by atoms with Crippen LogP contribution in [0.3, 0.4) is 0 Å². The number of phenols is 1. The van der Waals surface area contributed by atoms with Crippen molar-refractivity contribution in [2.24, 2.45) is 12.1 Å². The van der Waals surface area contributed by atoms with Crippen LogP contribution in [-0.4, -0.2) is 37.7 Å². The Morgan fingerprint density at radius 1 is 1.30 bits per heavy atom. The minimum Gasteiger partial charge on any atom is -0.507 e. The van der Waals surface area contributed by atoms with Gasteiger partial charge in [-0.05, 0) is 18.2 Å². The predicted molar refractivity (Wildman–Crippen MR) is 109 cm³/mol. The van der Waals surface area contributed by atoms with E-state index in [-0.39, 0.29) is 17.4 Å². The van der Waals surface area contributed by atoms with E-state index in [0.717, 1.165) is 15.9 Å². The first-order valence-electron chi connectivity index (χ1n) is 7.92. The summed E-state index contributed by atoms with van der Waals surface area (Å²) >= 11 is 4.58. The van der Waals surface area contributed by atoms with Gasteiger partial charge in [0.2, 0.25) is 0 Å². The van der Waals surface area contributed by atoms with Gasteiger partial charge in [-0.15, -0.1) is 10.2 Å². The summed E-state index contributed by atoms with van der Waals surface area (Å²) in [5.74, 6) is 0.678. The van der Waals surface area contributed by atoms with Gasteiger partial charge in [0.05, 0.1) is 12.0 Å². The number of hydrogen-bond acceptors (Lipinski definition) is 6. The summed E-state index contributed by atoms with van der Waals surface area (Å²) in [4.78, 5) is 12.0. The third-order valence-corrected chi connectivity index (χ3v) is 5.10. The van der Waals surface area contributed by atoms with Crippen molar-refractivity contribution in [3.8, 4) is 17.1 Å². The number of hydrogen-bond donors (Lipinski definition) is 2. The lowest BCUT2D eigenvalue weighted by atomic mass is 10.2. The molecule has 0 saturated carbocycles. The average molecular weight is 446 g/mol. The monoisotopic (exact) mass is 445 g/mol. The summed E-state index contributed by atoms with van der Waals surface area (Å²) in [5.41, 5.74) is 3.89. The molecule has 2 N–H and O–H groups in total. The minimum absolute atomic E-state index is 0.0816. The van der Waals surface area contributed by atoms with Crippen LogP contribution in [0.25, 0.3) is 11.4 Å². The van der Waals surface area contributed by atoms with Gasteiger partial charge in [0.15, 0.2) is 11.0 Å². The van der Waals surface area contributed by atoms with Crippen LogP contribution in [0.1, 0.15) is 5.56 Å². The number of aromatic hydroxyl groups is 1. The number of benzene rings is 2. The molecular weight excluding hydrogens is 430 g/mol. The van der Waals surface area contributed by atoms with Crippen molar-refractivity contribution in [2.75, 3.05) is 5.75 Å². The lowest BCUT2D eigenvalue weighted by molar-refractivity contribution is -0.118. The number of nitrogens with one attached hydrogen (secondary N) is 1. The van der Waals surface area contributed by atoms with Gasteiger partial charge in [0.25, 0.3) is 5.91 Å². The second-order valence-electron chi connectivity index (χ2n) is 5.52. The summed E-state index contributed by atoms with van der Waals surface area (Å²) < 4.78 is 2.65. The van der Waals surface area contributed by atoms with Crippen LogP contribution in [0, 0.1) is 0 Å². The maximum atomic E-state index is 12.0. The topological polar surface area (TPSA) is 92.4 Å². The standard InChI is InChI=1S/C18H16BrN5O2S/c1-24-17(12-5-3-2-4-6-12)22-23-18(24)27-11-16(26)21-20-10-13-9-14(19)7-8-15(13)25/h2-10,25H,11H2,1H3,(H,21,26)/b20-10-. The third kappa shape index (κ3) is 4.95. The predicted octanol–water partition coefficient (Wildman–Crippen LogP) is 3.19. The van der Waals surface area contributed by atoms with Crippen molar-refractivity contribution in [1.82, 2.24) is 20.2 Å². The first-order valence-corrected chi connectivity index (χ1v) is 9.70. The van der Waals surface area contributed by atoms with E-state index in [1.54, 1.807) is 18.2 Å². The number of carbonyl (C=O) groups excluding carboxylic acids is 1. The highest BCUT2D eigenvalue weighted by Gasteiger charge is 2.12. The number of phenolic OH excluding ortho intramolecular Hbond substituents is 1. The average Bonchev–Trinajstić information content (AvgIpc) is 3.04. The van der Waals surface area contributed by atoms with Crippen molar-refractivity contribution < 1.29 is 9.90 Å². The minimum atomic E-state index is -0.282. The highest BCUT2D eigenvalue weighted by molar-refractivity contribution is 9.10. The lowest BCUT2D eigenvalue weighted by Crippen LogP contribution is -2.19. The second kappa shape index (κ2) is 8.83. The number of aromatic nitrogens is 3. The van der Waals surface area contributed by atoms with Crippen molar-refractivity contribution in [3.63, 3.8) is 0 Å². The first kappa shape index (κ1) is 19.1. The Morgan fingerprint density at radius 2 is 2.07 bits per heavy atom. The number of nitrogens with zero attached hydrogens (tertiary/aromatic N) is 4. The third-order valence-electron chi connectivity index (χ3n) is 3.58. The molecule has 0 aliphatic heterocycles. The molecule has 0 radical (unpaired) electrons. The first-order chi connectivity index (χ1) is 13.0. The molecule has 1 heterocycles. The molecule has 2 aromatic carbocycles. The van der Waals surface area contributed by atoms with E-state index in [1.165, 1.54) is 18.0 Å². The van der Waals surface area contributed by atoms with Crippen LogP contribution in [0.5, 0.6) is 5.75 Å². The van der Waals surface area contributed by atoms with Gasteiger partial charge in [0, 0.05) is 22.6 Å². The number of thioether (sulfide) groups is 1. The maximum Gasteiger partial charge on any atom is 0.250 e. The second-order valence-corrected chi connectivity index (χ2v) is 7.37. The maximum absolute atomic E-state index is 12.0. The van der Waals surface area contributed by atoms with Gasteiger partial charge in [-0.3, -0.25) is 4.79 Å². The number of amides is 1. The SMILES string of the molecule is Cn1c(SCC(=O)N/N=C\c2cc(Br)ccc2O)nnc1-c1ccccc1. The summed E-state index contributed by atoms with van der Waals surface area (Å²) in [6.07, 6.45) is 1.39. The van der Waals surface area contributed by atoms with E-state index in [2.05, 4.69) is 36.7 Å². The Hall–Kier alpha value is -2.65. The molecule has 0 unspecified atom stereocenters. The quantitative estimate of drug-likeness (QED) is 0.345. The summed E-state index contributed by atoms with van der Waals surface area (Å²) in [7, 11) is 1.86. The molecule has 138 valence electrons. The van der Waals surface area contributed by atoms with Crippen LogP contribution in [0.2, 0.25) is 0 Å². The number of hydrazone groups is 1. The molecule has 7 nitrogen and oxygen atoms in total. The van der Waals surface area contributed by atoms with Gasteiger partial charge >= 0.3 is 0 Å². The zero-order valence-electron chi connectivity index (χ0n) is 14.3. The smallest absolute Gasteiger partial charge is 0.250 e. The molecule has 0 atom stereocenters. The van der Waals surface area contributed by atoms with Gasteiger partial charge in [-0.1, -0.05) is 58.0 Å². The summed E-state index contributed by atoms with van der Waals surface area (Å²) in [6, 6.07) is 14.7. The summed E-state index contributed by atoms with van der Waals surface area (Å²) in [5, 5.41) is 22.6. The largest absolute Gasteiger partial charge is 0.507 e. The molecule has 0 fully saturated rings. The Kier molecular flexibility index (Phi) is 6.25. The lowest BCUT2D eigenvalue weighted by Gasteiger charge is -2.03. The number of rotatable bonds is 6. The summed E-state index contributed by atoms with van der Waals surface area (Å²) in [6.45, 7) is 0. The van der Waals surface area contributed by atoms with Crippen LogP contribution >= 0.6 is 27.7 Å². The Bertz CT molecular complexity index is 975. The molecule has 0 aliphatic rings. The fraction of sp³-hybridized carbons (Fsp3) is 0.111. The number of halogens is 1. The van der Waals surface area contributed by atoms with E-state index in [0.29, 0.717) is 10.7 Å². The molecule has 0 bridgehead atoms. The molecule has 9 heteroatoms. The number of carbonyl (C=O) groups is 1. The van der Waals surface area contributed by atoms with Crippen LogP contribution in [0.4, 0.5) is 0 Å². The molecule has 1 amide bonds. The molecule has 1 aromatic heterocycles. The van der Waals surface area contributed by atoms with Gasteiger partial charge in [-0.25, -0.2) is 5.43 Å². The van der Waals surface area contributed by atoms with E-state index >= 15 is 0 Å². The normalized spacial score (nSPS) is 11.0. The van der Waals surface area contributed by atoms with Crippen molar-refractivity contribution in [2.45, 2.75) is 5.16 Å². The van der Waals surface area contributed by atoms with Crippen molar-refractivity contribution in [3.05, 3.63) is 58.6 Å². The van der Waals surface area contributed by atoms with E-state index in [1.807, 2.05) is 41.9 Å². The zero-order chi connectivity index (χ0) is 19.2. The Morgan fingerprint density at radius 3 is 2.85 bits per heavy atom. The molecule has 3 rings (SSSR count). The molecule has 3 aromatic rings. The van der Waals surface area contributed by atoms with Crippen LogP contribution in [-0.2, 0) is 11.8 Å². The zero-order valence-corrected chi connectivity index (χ0v) is 16.7. The molecule has 0 saturated heterocycles. The van der Waals surface area contributed by atoms with Crippen molar-refractivity contribution in [1.29, 1.82) is 0 Å². The van der Waals surface area contributed by atoms with E-state index < -0.39 is 0 Å². The highest BCUT2D eigenvalue weighted by atomic mass is 79.9. The van der Waals surface area contributed by atoms with Gasteiger partial charge in [0.1, 0.15) is 5.75 Å². The van der Waals surface area contributed by atoms with Gasteiger partial charge < -0.3 is 9.67 Å². The molecular formula is C18H16BrN5O2S. The van der Waals surface area contributed by atoms with Crippen molar-refractivity contribution >= 4 is 39.8 Å². The highest BCUT2D eigenvalue weighted by Crippen LogP contribution is 2.22. The van der Waals surface area contributed by atoms with E-state index in [4.69, 9.17) is 0 Å². The van der Waals surface area contributed by atoms with Gasteiger partial charge in [-0.2, -0.15) is 5.10 Å². The fourth-order valence-electron chi connectivity index (χ4n) is 2.24. The van der Waals surface area contributed by atoms with E-state index in [9.17, 15) is 9.90 Å².